The Morgan fingerprint density at radius 1 is 1.50 bits per heavy atom. The molecule has 16 heavy (non-hydrogen) atoms. The summed E-state index contributed by atoms with van der Waals surface area (Å²) in [5.74, 6) is 1.36. The van der Waals surface area contributed by atoms with E-state index in [4.69, 9.17) is 15.0 Å². The maximum absolute atomic E-state index is 5.49. The molecule has 3 heterocycles. The third kappa shape index (κ3) is 1.54. The van der Waals surface area contributed by atoms with Crippen LogP contribution < -0.4 is 5.73 Å². The van der Waals surface area contributed by atoms with E-state index in [0.29, 0.717) is 23.2 Å². The van der Waals surface area contributed by atoms with E-state index in [-0.39, 0.29) is 6.10 Å². The van der Waals surface area contributed by atoms with Crippen molar-refractivity contribution in [1.82, 2.24) is 20.3 Å². The van der Waals surface area contributed by atoms with Crippen molar-refractivity contribution in [2.45, 2.75) is 18.9 Å². The number of ether oxygens (including phenoxy) is 1. The van der Waals surface area contributed by atoms with Gasteiger partial charge in [-0.15, -0.1) is 0 Å². The lowest BCUT2D eigenvalue weighted by Gasteiger charge is -2.00. The lowest BCUT2D eigenvalue weighted by Crippen LogP contribution is -1.97. The number of hydrogen-bond donors (Lipinski definition) is 2. The third-order valence-corrected chi connectivity index (χ3v) is 2.49. The van der Waals surface area contributed by atoms with E-state index in [1.165, 1.54) is 0 Å². The second-order valence-corrected chi connectivity index (χ2v) is 3.67. The summed E-state index contributed by atoms with van der Waals surface area (Å²) in [4.78, 5) is 4.25. The van der Waals surface area contributed by atoms with Gasteiger partial charge in [-0.3, -0.25) is 5.10 Å². The molecule has 3 rings (SSSR count). The zero-order valence-electron chi connectivity index (χ0n) is 8.51. The van der Waals surface area contributed by atoms with Gasteiger partial charge in [0.05, 0.1) is 0 Å². The fourth-order valence-electron chi connectivity index (χ4n) is 1.70. The van der Waals surface area contributed by atoms with Gasteiger partial charge in [-0.25, -0.2) is 0 Å². The number of nitrogens with one attached hydrogen (secondary N) is 1. The van der Waals surface area contributed by atoms with Gasteiger partial charge in [0, 0.05) is 12.7 Å². The molecule has 1 saturated heterocycles. The van der Waals surface area contributed by atoms with Crippen molar-refractivity contribution in [1.29, 1.82) is 0 Å². The van der Waals surface area contributed by atoms with Crippen LogP contribution in [0.3, 0.4) is 0 Å². The predicted octanol–water partition coefficient (Wildman–Crippen LogP) is 0.893. The molecule has 1 atom stereocenters. The first kappa shape index (κ1) is 9.34. The monoisotopic (exact) mass is 221 g/mol. The summed E-state index contributed by atoms with van der Waals surface area (Å²) in [6, 6.07) is 1.65. The molecular weight excluding hydrogens is 210 g/mol. The van der Waals surface area contributed by atoms with E-state index in [1.54, 1.807) is 6.07 Å². The van der Waals surface area contributed by atoms with Gasteiger partial charge in [0.15, 0.2) is 0 Å². The summed E-state index contributed by atoms with van der Waals surface area (Å²) in [6.45, 7) is 0.756. The third-order valence-electron chi connectivity index (χ3n) is 2.49. The van der Waals surface area contributed by atoms with Crippen LogP contribution in [0, 0.1) is 0 Å². The molecule has 0 radical (unpaired) electrons. The molecule has 84 valence electrons. The number of aromatic nitrogens is 4. The molecule has 1 aliphatic heterocycles. The number of anilines is 1. The first-order chi connectivity index (χ1) is 7.83. The summed E-state index contributed by atoms with van der Waals surface area (Å²) in [5, 5.41) is 10.4. The Hall–Kier alpha value is -1.89. The van der Waals surface area contributed by atoms with Crippen LogP contribution in [-0.2, 0) is 4.74 Å². The fraction of sp³-hybridized carbons (Fsp3) is 0.444. The Bertz CT molecular complexity index is 486. The van der Waals surface area contributed by atoms with E-state index in [2.05, 4.69) is 20.3 Å². The summed E-state index contributed by atoms with van der Waals surface area (Å²) < 4.78 is 10.6. The number of H-pyrrole nitrogens is 1. The van der Waals surface area contributed by atoms with E-state index in [0.717, 1.165) is 19.4 Å². The van der Waals surface area contributed by atoms with E-state index >= 15 is 0 Å². The van der Waals surface area contributed by atoms with E-state index in [9.17, 15) is 0 Å². The summed E-state index contributed by atoms with van der Waals surface area (Å²) in [5.41, 5.74) is 6.11. The lowest BCUT2D eigenvalue weighted by atomic mass is 10.2. The summed E-state index contributed by atoms with van der Waals surface area (Å²) in [7, 11) is 0. The topological polar surface area (TPSA) is 103 Å². The fourth-order valence-corrected chi connectivity index (χ4v) is 1.70. The van der Waals surface area contributed by atoms with Crippen LogP contribution in [0.1, 0.15) is 24.8 Å². The Morgan fingerprint density at radius 2 is 2.44 bits per heavy atom. The number of nitrogens with zero attached hydrogens (tertiary/aromatic N) is 3. The normalized spacial score (nSPS) is 20.4. The van der Waals surface area contributed by atoms with Gasteiger partial charge >= 0.3 is 0 Å². The molecular formula is C9H11N5O2. The first-order valence-electron chi connectivity index (χ1n) is 5.09. The number of nitrogens with two attached hydrogens (primary N) is 1. The SMILES string of the molecule is Nc1cc(-c2nc(C3CCCO3)no2)[nH]n1. The average Bonchev–Trinajstić information content (AvgIpc) is 2.97. The van der Waals surface area contributed by atoms with Gasteiger partial charge in [0.25, 0.3) is 5.89 Å². The molecule has 0 aliphatic carbocycles. The summed E-state index contributed by atoms with van der Waals surface area (Å²) in [6.07, 6.45) is 1.92. The van der Waals surface area contributed by atoms with Crippen LogP contribution in [0.25, 0.3) is 11.6 Å². The number of rotatable bonds is 2. The molecule has 0 saturated carbocycles. The Labute approximate surface area is 91.0 Å². The highest BCUT2D eigenvalue weighted by Gasteiger charge is 2.23. The molecule has 2 aromatic rings. The van der Waals surface area contributed by atoms with Crippen LogP contribution in [-0.4, -0.2) is 26.9 Å². The molecule has 7 heteroatoms. The zero-order chi connectivity index (χ0) is 11.0. The highest BCUT2D eigenvalue weighted by Crippen LogP contribution is 2.27. The minimum atomic E-state index is -0.0437. The summed E-state index contributed by atoms with van der Waals surface area (Å²) >= 11 is 0. The Kier molecular flexibility index (Phi) is 2.10. The van der Waals surface area contributed by atoms with Crippen LogP contribution in [0.2, 0.25) is 0 Å². The second-order valence-electron chi connectivity index (χ2n) is 3.67. The number of hydrogen-bond acceptors (Lipinski definition) is 6. The molecule has 0 aromatic carbocycles. The highest BCUT2D eigenvalue weighted by atomic mass is 16.5. The lowest BCUT2D eigenvalue weighted by molar-refractivity contribution is 0.103. The minimum absolute atomic E-state index is 0.0437. The van der Waals surface area contributed by atoms with E-state index < -0.39 is 0 Å². The van der Waals surface area contributed by atoms with Crippen molar-refractivity contribution >= 4 is 5.82 Å². The van der Waals surface area contributed by atoms with Crippen LogP contribution in [0.15, 0.2) is 10.6 Å². The maximum atomic E-state index is 5.49. The van der Waals surface area contributed by atoms with Gasteiger partial charge in [-0.05, 0) is 12.8 Å². The molecule has 3 N–H and O–H groups in total. The minimum Gasteiger partial charge on any atom is -0.382 e. The average molecular weight is 221 g/mol. The molecule has 1 fully saturated rings. The molecule has 7 nitrogen and oxygen atoms in total. The van der Waals surface area contributed by atoms with Gasteiger partial charge < -0.3 is 15.0 Å². The smallest absolute Gasteiger partial charge is 0.276 e. The zero-order valence-corrected chi connectivity index (χ0v) is 8.51. The standard InChI is InChI=1S/C9H11N5O2/c10-7-4-5(12-13-7)9-11-8(14-16-9)6-2-1-3-15-6/h4,6H,1-3H2,(H3,10,12,13). The molecule has 2 aromatic heterocycles. The van der Waals surface area contributed by atoms with Crippen molar-refractivity contribution in [3.8, 4) is 11.6 Å². The quantitative estimate of drug-likeness (QED) is 0.780. The first-order valence-corrected chi connectivity index (χ1v) is 5.09. The molecule has 0 amide bonds. The number of aromatic amines is 1. The Morgan fingerprint density at radius 3 is 3.12 bits per heavy atom. The van der Waals surface area contributed by atoms with Crippen molar-refractivity contribution in [3.63, 3.8) is 0 Å². The van der Waals surface area contributed by atoms with Crippen molar-refractivity contribution in [2.75, 3.05) is 12.3 Å². The van der Waals surface area contributed by atoms with Gasteiger partial charge in [-0.1, -0.05) is 5.16 Å². The van der Waals surface area contributed by atoms with Crippen molar-refractivity contribution < 1.29 is 9.26 Å². The predicted molar refractivity (Wildman–Crippen MR) is 54.2 cm³/mol. The Balaban J connectivity index is 1.87. The van der Waals surface area contributed by atoms with Gasteiger partial charge in [0.1, 0.15) is 17.6 Å². The second kappa shape index (κ2) is 3.60. The largest absolute Gasteiger partial charge is 0.382 e. The van der Waals surface area contributed by atoms with Gasteiger partial charge in [-0.2, -0.15) is 10.1 Å². The van der Waals surface area contributed by atoms with Gasteiger partial charge in [0.2, 0.25) is 5.82 Å². The van der Waals surface area contributed by atoms with Crippen molar-refractivity contribution in [3.05, 3.63) is 11.9 Å². The van der Waals surface area contributed by atoms with Crippen molar-refractivity contribution in [2.24, 2.45) is 0 Å². The highest BCUT2D eigenvalue weighted by molar-refractivity contribution is 5.51. The molecule has 1 aliphatic rings. The van der Waals surface area contributed by atoms with E-state index in [1.807, 2.05) is 0 Å². The van der Waals surface area contributed by atoms with Crippen LogP contribution >= 0.6 is 0 Å². The molecule has 0 spiro atoms. The molecule has 1 unspecified atom stereocenters. The maximum Gasteiger partial charge on any atom is 0.276 e. The number of nitrogen functional groups attached to an aromatic ring is 1. The molecule has 0 bridgehead atoms. The van der Waals surface area contributed by atoms with Crippen LogP contribution in [0.5, 0.6) is 0 Å². The van der Waals surface area contributed by atoms with Crippen LogP contribution in [0.4, 0.5) is 5.82 Å².